The molecule has 1 rings (SSSR count). The molecule has 0 amide bonds. The molecule has 0 aromatic heterocycles. The van der Waals surface area contributed by atoms with E-state index in [1.54, 1.807) is 0 Å². The van der Waals surface area contributed by atoms with Crippen molar-refractivity contribution >= 4 is 0 Å². The van der Waals surface area contributed by atoms with E-state index < -0.39 is 6.10 Å². The Hall–Kier alpha value is -0.160. The van der Waals surface area contributed by atoms with Gasteiger partial charge in [-0.25, -0.2) is 0 Å². The van der Waals surface area contributed by atoms with Crippen LogP contribution in [0.25, 0.3) is 0 Å². The van der Waals surface area contributed by atoms with Crippen LogP contribution in [0.4, 0.5) is 0 Å². The first-order chi connectivity index (χ1) is 7.74. The van der Waals surface area contributed by atoms with Gasteiger partial charge in [-0.15, -0.1) is 0 Å². The van der Waals surface area contributed by atoms with Crippen LogP contribution >= 0.6 is 0 Å². The van der Waals surface area contributed by atoms with Crippen LogP contribution in [0.3, 0.4) is 0 Å². The van der Waals surface area contributed by atoms with Gasteiger partial charge in [0.2, 0.25) is 0 Å². The first-order valence-electron chi connectivity index (χ1n) is 6.38. The summed E-state index contributed by atoms with van der Waals surface area (Å²) in [5, 5.41) is 22.7. The molecule has 0 spiro atoms. The van der Waals surface area contributed by atoms with Gasteiger partial charge in [0.1, 0.15) is 0 Å². The molecule has 1 saturated heterocycles. The number of nitrogens with one attached hydrogen (secondary N) is 1. The summed E-state index contributed by atoms with van der Waals surface area (Å²) in [5.41, 5.74) is 0. The standard InChI is InChI=1S/C12H25NO3/c1-2-3-6-16-9-11(14)7-10-8-13-5-4-12(10)15/h10-15H,2-9H2,1H3. The highest BCUT2D eigenvalue weighted by Crippen LogP contribution is 2.17. The van der Waals surface area contributed by atoms with Crippen LogP contribution in [-0.4, -0.2) is 48.7 Å². The Morgan fingerprint density at radius 2 is 2.31 bits per heavy atom. The lowest BCUT2D eigenvalue weighted by Gasteiger charge is -2.29. The molecule has 96 valence electrons. The van der Waals surface area contributed by atoms with E-state index in [1.165, 1.54) is 0 Å². The summed E-state index contributed by atoms with van der Waals surface area (Å²) >= 11 is 0. The molecule has 1 aliphatic rings. The Bertz CT molecular complexity index is 178. The summed E-state index contributed by atoms with van der Waals surface area (Å²) in [6.45, 7) is 4.90. The van der Waals surface area contributed by atoms with Crippen molar-refractivity contribution in [2.24, 2.45) is 5.92 Å². The SMILES string of the molecule is CCCCOCC(O)CC1CNCCC1O. The van der Waals surface area contributed by atoms with Crippen LogP contribution in [0.2, 0.25) is 0 Å². The van der Waals surface area contributed by atoms with E-state index in [4.69, 9.17) is 4.74 Å². The lowest BCUT2D eigenvalue weighted by molar-refractivity contribution is -0.00260. The van der Waals surface area contributed by atoms with Gasteiger partial charge in [-0.1, -0.05) is 13.3 Å². The van der Waals surface area contributed by atoms with Crippen LogP contribution in [0.1, 0.15) is 32.6 Å². The largest absolute Gasteiger partial charge is 0.393 e. The second-order valence-corrected chi connectivity index (χ2v) is 4.64. The molecule has 16 heavy (non-hydrogen) atoms. The van der Waals surface area contributed by atoms with Gasteiger partial charge in [-0.3, -0.25) is 0 Å². The van der Waals surface area contributed by atoms with Crippen LogP contribution in [0.5, 0.6) is 0 Å². The molecular formula is C12H25NO3. The number of hydrogen-bond donors (Lipinski definition) is 3. The van der Waals surface area contributed by atoms with E-state index in [2.05, 4.69) is 12.2 Å². The quantitative estimate of drug-likeness (QED) is 0.559. The first-order valence-corrected chi connectivity index (χ1v) is 6.38. The molecule has 4 heteroatoms. The van der Waals surface area contributed by atoms with E-state index in [0.717, 1.165) is 39.0 Å². The molecule has 0 aliphatic carbocycles. The fraction of sp³-hybridized carbons (Fsp3) is 1.00. The highest BCUT2D eigenvalue weighted by Gasteiger charge is 2.25. The third-order valence-corrected chi connectivity index (χ3v) is 3.09. The molecule has 0 aromatic carbocycles. The Balaban J connectivity index is 2.09. The lowest BCUT2D eigenvalue weighted by Crippen LogP contribution is -2.41. The summed E-state index contributed by atoms with van der Waals surface area (Å²) < 4.78 is 5.36. The summed E-state index contributed by atoms with van der Waals surface area (Å²) in [4.78, 5) is 0. The zero-order valence-corrected chi connectivity index (χ0v) is 10.2. The second kappa shape index (κ2) is 8.01. The number of piperidine rings is 1. The Kier molecular flexibility index (Phi) is 6.96. The molecule has 1 fully saturated rings. The minimum atomic E-state index is -0.448. The van der Waals surface area contributed by atoms with Crippen LogP contribution in [0, 0.1) is 5.92 Å². The highest BCUT2D eigenvalue weighted by atomic mass is 16.5. The number of rotatable bonds is 7. The second-order valence-electron chi connectivity index (χ2n) is 4.64. The van der Waals surface area contributed by atoms with Gasteiger partial charge in [0.15, 0.2) is 0 Å². The normalized spacial score (nSPS) is 27.9. The Morgan fingerprint density at radius 1 is 1.50 bits per heavy atom. The molecule has 1 heterocycles. The fourth-order valence-corrected chi connectivity index (χ4v) is 2.03. The van der Waals surface area contributed by atoms with E-state index in [-0.39, 0.29) is 12.0 Å². The van der Waals surface area contributed by atoms with E-state index in [0.29, 0.717) is 13.0 Å². The monoisotopic (exact) mass is 231 g/mol. The minimum absolute atomic E-state index is 0.165. The van der Waals surface area contributed by atoms with Gasteiger partial charge in [-0.05, 0) is 31.7 Å². The number of unbranched alkanes of at least 4 members (excludes halogenated alkanes) is 1. The number of aliphatic hydroxyl groups excluding tert-OH is 2. The maximum atomic E-state index is 9.75. The zero-order valence-electron chi connectivity index (χ0n) is 10.2. The molecule has 3 unspecified atom stereocenters. The molecular weight excluding hydrogens is 206 g/mol. The molecule has 1 aliphatic heterocycles. The van der Waals surface area contributed by atoms with E-state index in [9.17, 15) is 10.2 Å². The van der Waals surface area contributed by atoms with Gasteiger partial charge in [0.25, 0.3) is 0 Å². The summed E-state index contributed by atoms with van der Waals surface area (Å²) in [6.07, 6.45) is 2.85. The highest BCUT2D eigenvalue weighted by molar-refractivity contribution is 4.79. The van der Waals surface area contributed by atoms with Crippen molar-refractivity contribution in [1.82, 2.24) is 5.32 Å². The maximum absolute atomic E-state index is 9.75. The summed E-state index contributed by atoms with van der Waals surface area (Å²) in [7, 11) is 0. The molecule has 3 atom stereocenters. The van der Waals surface area contributed by atoms with Gasteiger partial charge in [-0.2, -0.15) is 0 Å². The average molecular weight is 231 g/mol. The van der Waals surface area contributed by atoms with E-state index in [1.807, 2.05) is 0 Å². The molecule has 3 N–H and O–H groups in total. The van der Waals surface area contributed by atoms with Crippen molar-refractivity contribution < 1.29 is 14.9 Å². The van der Waals surface area contributed by atoms with Crippen LogP contribution in [0.15, 0.2) is 0 Å². The average Bonchev–Trinajstić information content (AvgIpc) is 2.28. The van der Waals surface area contributed by atoms with Crippen LogP contribution < -0.4 is 5.32 Å². The molecule has 0 radical (unpaired) electrons. The predicted octanol–water partition coefficient (Wildman–Crippen LogP) is 0.524. The molecule has 0 aromatic rings. The summed E-state index contributed by atoms with van der Waals surface area (Å²) in [5.74, 6) is 0.165. The Morgan fingerprint density at radius 3 is 3.00 bits per heavy atom. The third kappa shape index (κ3) is 5.25. The van der Waals surface area contributed by atoms with Crippen molar-refractivity contribution in [2.75, 3.05) is 26.3 Å². The molecule has 0 bridgehead atoms. The number of hydrogen-bond acceptors (Lipinski definition) is 4. The number of ether oxygens (including phenoxy) is 1. The van der Waals surface area contributed by atoms with Crippen molar-refractivity contribution in [1.29, 1.82) is 0 Å². The van der Waals surface area contributed by atoms with Crippen molar-refractivity contribution in [3.8, 4) is 0 Å². The van der Waals surface area contributed by atoms with Crippen molar-refractivity contribution in [3.63, 3.8) is 0 Å². The molecule has 0 saturated carbocycles. The third-order valence-electron chi connectivity index (χ3n) is 3.09. The Labute approximate surface area is 98.0 Å². The zero-order chi connectivity index (χ0) is 11.8. The maximum Gasteiger partial charge on any atom is 0.0777 e. The lowest BCUT2D eigenvalue weighted by atomic mass is 9.91. The summed E-state index contributed by atoms with van der Waals surface area (Å²) in [6, 6.07) is 0. The van der Waals surface area contributed by atoms with Gasteiger partial charge in [0.05, 0.1) is 18.8 Å². The molecule has 4 nitrogen and oxygen atoms in total. The minimum Gasteiger partial charge on any atom is -0.393 e. The topological polar surface area (TPSA) is 61.7 Å². The van der Waals surface area contributed by atoms with Crippen molar-refractivity contribution in [2.45, 2.75) is 44.8 Å². The smallest absolute Gasteiger partial charge is 0.0777 e. The van der Waals surface area contributed by atoms with Crippen molar-refractivity contribution in [3.05, 3.63) is 0 Å². The van der Waals surface area contributed by atoms with Crippen LogP contribution in [-0.2, 0) is 4.74 Å². The fourth-order valence-electron chi connectivity index (χ4n) is 2.03. The number of aliphatic hydroxyl groups is 2. The van der Waals surface area contributed by atoms with Gasteiger partial charge >= 0.3 is 0 Å². The van der Waals surface area contributed by atoms with E-state index >= 15 is 0 Å². The first kappa shape index (κ1) is 13.9. The van der Waals surface area contributed by atoms with Gasteiger partial charge in [0, 0.05) is 13.2 Å². The predicted molar refractivity (Wildman–Crippen MR) is 63.3 cm³/mol. The van der Waals surface area contributed by atoms with Gasteiger partial charge < -0.3 is 20.3 Å².